The molecule has 0 amide bonds. The Morgan fingerprint density at radius 2 is 2.07 bits per heavy atom. The number of carbonyl (C=O) groups excluding carboxylic acids is 1. The summed E-state index contributed by atoms with van der Waals surface area (Å²) in [6.07, 6.45) is -3.89. The summed E-state index contributed by atoms with van der Waals surface area (Å²) < 4.78 is 38.8. The van der Waals surface area contributed by atoms with Crippen LogP contribution in [0.2, 0.25) is 0 Å². The highest BCUT2D eigenvalue weighted by Crippen LogP contribution is 2.19. The Labute approximate surface area is 81.7 Å². The van der Waals surface area contributed by atoms with Gasteiger partial charge >= 0.3 is 6.36 Å². The lowest BCUT2D eigenvalue weighted by Gasteiger charge is -2.08. The van der Waals surface area contributed by atoms with Crippen LogP contribution in [0, 0.1) is 6.92 Å². The molecule has 1 aromatic rings. The molecule has 1 aromatic heterocycles. The number of carbonyl (C=O) groups is 1. The van der Waals surface area contributed by atoms with E-state index in [1.807, 2.05) is 0 Å². The van der Waals surface area contributed by atoms with E-state index in [0.29, 0.717) is 12.5 Å². The fraction of sp³-hybridized carbons (Fsp3) is 0.250. The van der Waals surface area contributed by atoms with Crippen molar-refractivity contribution in [2.24, 2.45) is 0 Å². The summed E-state index contributed by atoms with van der Waals surface area (Å²) in [5, 5.41) is 0. The number of aromatic nitrogens is 1. The quantitative estimate of drug-likeness (QED) is 0.767. The van der Waals surface area contributed by atoms with Gasteiger partial charge in [0.2, 0.25) is 5.43 Å². The van der Waals surface area contributed by atoms with E-state index in [1.165, 1.54) is 6.92 Å². The number of halogens is 3. The fourth-order valence-electron chi connectivity index (χ4n) is 0.947. The molecule has 0 saturated carbocycles. The van der Waals surface area contributed by atoms with Gasteiger partial charge in [-0.3, -0.25) is 9.59 Å². The highest BCUT2D eigenvalue weighted by Gasteiger charge is 2.32. The molecular weight excluding hydrogens is 215 g/mol. The van der Waals surface area contributed by atoms with Crippen molar-refractivity contribution in [3.05, 3.63) is 27.7 Å². The Bertz CT molecular complexity index is 436. The van der Waals surface area contributed by atoms with Gasteiger partial charge in [-0.1, -0.05) is 0 Å². The first-order valence-corrected chi connectivity index (χ1v) is 3.78. The number of aromatic amines is 1. The van der Waals surface area contributed by atoms with Crippen LogP contribution in [0.3, 0.4) is 0 Å². The first kappa shape index (κ1) is 11.3. The molecular formula is C8H6F3NO3. The molecule has 0 bridgehead atoms. The largest absolute Gasteiger partial charge is 0.573 e. The summed E-state index contributed by atoms with van der Waals surface area (Å²) in [5.74, 6) is -0.884. The standard InChI is InChI=1S/C8H6F3NO3/c1-4-5(3-13)12-2-6(7(4)14)15-8(9,10)11/h2-3H,1H3,(H,12,14). The summed E-state index contributed by atoms with van der Waals surface area (Å²) in [7, 11) is 0. The van der Waals surface area contributed by atoms with Gasteiger partial charge in [-0.25, -0.2) is 0 Å². The molecule has 4 nitrogen and oxygen atoms in total. The molecule has 0 fully saturated rings. The Kier molecular flexibility index (Phi) is 2.83. The summed E-state index contributed by atoms with van der Waals surface area (Å²) in [5.41, 5.74) is -1.16. The van der Waals surface area contributed by atoms with E-state index in [0.717, 1.165) is 0 Å². The lowest BCUT2D eigenvalue weighted by atomic mass is 10.2. The number of nitrogens with one attached hydrogen (secondary N) is 1. The van der Waals surface area contributed by atoms with E-state index in [-0.39, 0.29) is 11.3 Å². The minimum Gasteiger partial charge on any atom is -0.400 e. The molecule has 0 spiro atoms. The van der Waals surface area contributed by atoms with Gasteiger partial charge in [-0.2, -0.15) is 0 Å². The predicted octanol–water partition coefficient (Wildman–Crippen LogP) is 1.39. The number of hydrogen-bond acceptors (Lipinski definition) is 3. The zero-order chi connectivity index (χ0) is 11.6. The van der Waals surface area contributed by atoms with Crippen molar-refractivity contribution in [3.63, 3.8) is 0 Å². The van der Waals surface area contributed by atoms with Gasteiger partial charge in [0.05, 0.1) is 5.69 Å². The van der Waals surface area contributed by atoms with Crippen molar-refractivity contribution in [1.82, 2.24) is 4.98 Å². The lowest BCUT2D eigenvalue weighted by molar-refractivity contribution is -0.275. The number of ether oxygens (including phenoxy) is 1. The summed E-state index contributed by atoms with van der Waals surface area (Å²) >= 11 is 0. The predicted molar refractivity (Wildman–Crippen MR) is 43.9 cm³/mol. The average Bonchev–Trinajstić information content (AvgIpc) is 2.11. The van der Waals surface area contributed by atoms with E-state index < -0.39 is 17.5 Å². The van der Waals surface area contributed by atoms with Crippen molar-refractivity contribution < 1.29 is 22.7 Å². The molecule has 0 unspecified atom stereocenters. The molecule has 0 aliphatic heterocycles. The molecule has 15 heavy (non-hydrogen) atoms. The number of H-pyrrole nitrogens is 1. The van der Waals surface area contributed by atoms with Gasteiger partial charge in [-0.15, -0.1) is 13.2 Å². The van der Waals surface area contributed by atoms with E-state index in [2.05, 4.69) is 9.72 Å². The second-order valence-corrected chi connectivity index (χ2v) is 2.69. The van der Waals surface area contributed by atoms with Gasteiger partial charge in [0, 0.05) is 11.8 Å². The van der Waals surface area contributed by atoms with Gasteiger partial charge < -0.3 is 9.72 Å². The Balaban J connectivity index is 3.19. The molecule has 1 heterocycles. The summed E-state index contributed by atoms with van der Waals surface area (Å²) in [6, 6.07) is 0. The number of rotatable bonds is 2. The van der Waals surface area contributed by atoms with Gasteiger partial charge in [0.1, 0.15) is 0 Å². The highest BCUT2D eigenvalue weighted by atomic mass is 19.4. The highest BCUT2D eigenvalue weighted by molar-refractivity contribution is 5.74. The number of aldehydes is 1. The third-order valence-electron chi connectivity index (χ3n) is 1.67. The van der Waals surface area contributed by atoms with Gasteiger partial charge in [0.15, 0.2) is 12.0 Å². The smallest absolute Gasteiger partial charge is 0.400 e. The maximum atomic E-state index is 11.8. The lowest BCUT2D eigenvalue weighted by Crippen LogP contribution is -2.23. The van der Waals surface area contributed by atoms with E-state index in [1.54, 1.807) is 0 Å². The third kappa shape index (κ3) is 2.58. The maximum absolute atomic E-state index is 11.8. The Morgan fingerprint density at radius 1 is 1.47 bits per heavy atom. The molecule has 0 aliphatic rings. The van der Waals surface area contributed by atoms with Crippen LogP contribution >= 0.6 is 0 Å². The van der Waals surface area contributed by atoms with Crippen molar-refractivity contribution in [1.29, 1.82) is 0 Å². The van der Waals surface area contributed by atoms with Crippen LogP contribution < -0.4 is 10.2 Å². The molecule has 1 N–H and O–H groups in total. The zero-order valence-corrected chi connectivity index (χ0v) is 7.51. The minimum absolute atomic E-state index is 0.0745. The molecule has 0 aliphatic carbocycles. The molecule has 0 saturated heterocycles. The van der Waals surface area contributed by atoms with E-state index in [4.69, 9.17) is 0 Å². The zero-order valence-electron chi connectivity index (χ0n) is 7.51. The SMILES string of the molecule is Cc1c(C=O)[nH]cc(OC(F)(F)F)c1=O. The topological polar surface area (TPSA) is 59.2 Å². The molecule has 0 aromatic carbocycles. The van der Waals surface area contributed by atoms with Crippen LogP contribution in [0.1, 0.15) is 16.1 Å². The van der Waals surface area contributed by atoms with E-state index >= 15 is 0 Å². The second-order valence-electron chi connectivity index (χ2n) is 2.69. The van der Waals surface area contributed by atoms with Crippen molar-refractivity contribution in [2.45, 2.75) is 13.3 Å². The first-order chi connectivity index (χ1) is 6.85. The number of pyridine rings is 1. The Hall–Kier alpha value is -1.79. The van der Waals surface area contributed by atoms with Crippen LogP contribution in [0.4, 0.5) is 13.2 Å². The van der Waals surface area contributed by atoms with Gasteiger partial charge in [0.25, 0.3) is 0 Å². The monoisotopic (exact) mass is 221 g/mol. The van der Waals surface area contributed by atoms with Crippen LogP contribution in [0.25, 0.3) is 0 Å². The molecule has 0 atom stereocenters. The molecule has 0 radical (unpaired) electrons. The number of hydrogen-bond donors (Lipinski definition) is 1. The number of alkyl halides is 3. The first-order valence-electron chi connectivity index (χ1n) is 3.78. The normalized spacial score (nSPS) is 11.2. The summed E-state index contributed by atoms with van der Waals surface area (Å²) in [4.78, 5) is 23.8. The summed E-state index contributed by atoms with van der Waals surface area (Å²) in [6.45, 7) is 1.23. The van der Waals surface area contributed by atoms with Crippen molar-refractivity contribution in [3.8, 4) is 5.75 Å². The van der Waals surface area contributed by atoms with E-state index in [9.17, 15) is 22.8 Å². The van der Waals surface area contributed by atoms with Crippen LogP contribution in [0.5, 0.6) is 5.75 Å². The second kappa shape index (κ2) is 3.76. The van der Waals surface area contributed by atoms with Gasteiger partial charge in [-0.05, 0) is 6.92 Å². The van der Waals surface area contributed by atoms with Crippen molar-refractivity contribution in [2.75, 3.05) is 0 Å². The molecule has 7 heteroatoms. The van der Waals surface area contributed by atoms with Crippen LogP contribution in [0.15, 0.2) is 11.0 Å². The molecule has 1 rings (SSSR count). The molecule has 82 valence electrons. The van der Waals surface area contributed by atoms with Crippen LogP contribution in [-0.2, 0) is 0 Å². The maximum Gasteiger partial charge on any atom is 0.573 e. The Morgan fingerprint density at radius 3 is 2.53 bits per heavy atom. The van der Waals surface area contributed by atoms with Crippen molar-refractivity contribution >= 4 is 6.29 Å². The van der Waals surface area contributed by atoms with Crippen LogP contribution in [-0.4, -0.2) is 17.6 Å². The third-order valence-corrected chi connectivity index (χ3v) is 1.67. The average molecular weight is 221 g/mol. The minimum atomic E-state index is -4.93. The fourth-order valence-corrected chi connectivity index (χ4v) is 0.947.